The fraction of sp³-hybridized carbons (Fsp3) is 0.182. The molecule has 0 aliphatic heterocycles. The summed E-state index contributed by atoms with van der Waals surface area (Å²) in [5, 5.41) is 14.7. The van der Waals surface area contributed by atoms with Gasteiger partial charge in [-0.25, -0.2) is 0 Å². The average Bonchev–Trinajstić information content (AvgIpc) is 2.62. The highest BCUT2D eigenvalue weighted by Gasteiger charge is 2.03. The number of benzene rings is 1. The van der Waals surface area contributed by atoms with Crippen molar-refractivity contribution in [2.75, 3.05) is 6.54 Å². The molecule has 3 nitrogen and oxygen atoms in total. The Morgan fingerprint density at radius 2 is 2.20 bits per heavy atom. The van der Waals surface area contributed by atoms with Crippen molar-refractivity contribution in [1.29, 1.82) is 0 Å². The van der Waals surface area contributed by atoms with Crippen LogP contribution in [0.15, 0.2) is 29.6 Å². The molecule has 1 aromatic carbocycles. The molecule has 0 aliphatic carbocycles. The molecule has 2 rings (SSSR count). The first-order valence-electron chi connectivity index (χ1n) is 4.65. The molecule has 2 N–H and O–H groups in total. The minimum absolute atomic E-state index is 0.00414. The summed E-state index contributed by atoms with van der Waals surface area (Å²) in [6.07, 6.45) is 0. The number of hydrogen-bond donors (Lipinski definition) is 2. The first-order valence-corrected chi connectivity index (χ1v) is 5.53. The van der Waals surface area contributed by atoms with Gasteiger partial charge in [-0.2, -0.15) is 0 Å². The molecule has 0 bridgehead atoms. The summed E-state index contributed by atoms with van der Waals surface area (Å²) in [5.74, 6) is -0.825. The molecule has 4 heteroatoms. The predicted octanol–water partition coefficient (Wildman–Crippen LogP) is 2.08. The van der Waals surface area contributed by atoms with Crippen LogP contribution in [0.25, 0.3) is 10.1 Å². The van der Waals surface area contributed by atoms with Crippen molar-refractivity contribution < 1.29 is 9.90 Å². The van der Waals surface area contributed by atoms with Crippen LogP contribution in [0.1, 0.15) is 5.56 Å². The Morgan fingerprint density at radius 3 is 3.00 bits per heavy atom. The molecular formula is C11H11NO2S. The van der Waals surface area contributed by atoms with Crippen LogP contribution in [0.2, 0.25) is 0 Å². The highest BCUT2D eigenvalue weighted by Crippen LogP contribution is 2.25. The first-order chi connectivity index (χ1) is 7.27. The Labute approximate surface area is 91.4 Å². The SMILES string of the molecule is O=C(O)CNCc1csc2ccccc12. The van der Waals surface area contributed by atoms with E-state index in [1.165, 1.54) is 10.1 Å². The molecule has 1 heterocycles. The Morgan fingerprint density at radius 1 is 1.40 bits per heavy atom. The van der Waals surface area contributed by atoms with E-state index < -0.39 is 5.97 Å². The maximum atomic E-state index is 10.3. The molecule has 0 saturated carbocycles. The zero-order chi connectivity index (χ0) is 10.7. The van der Waals surface area contributed by atoms with Crippen LogP contribution in [0, 0.1) is 0 Å². The van der Waals surface area contributed by atoms with Crippen molar-refractivity contribution in [2.45, 2.75) is 6.54 Å². The van der Waals surface area contributed by atoms with Crippen LogP contribution < -0.4 is 5.32 Å². The smallest absolute Gasteiger partial charge is 0.317 e. The van der Waals surface area contributed by atoms with Gasteiger partial charge in [0.25, 0.3) is 0 Å². The van der Waals surface area contributed by atoms with Gasteiger partial charge in [0.05, 0.1) is 6.54 Å². The van der Waals surface area contributed by atoms with Crippen LogP contribution in [-0.2, 0) is 11.3 Å². The fourth-order valence-electron chi connectivity index (χ4n) is 1.47. The molecule has 0 atom stereocenters. The average molecular weight is 221 g/mol. The molecular weight excluding hydrogens is 210 g/mol. The van der Waals surface area contributed by atoms with Gasteiger partial charge in [-0.1, -0.05) is 18.2 Å². The Hall–Kier alpha value is -1.39. The van der Waals surface area contributed by atoms with Crippen molar-refractivity contribution in [3.05, 3.63) is 35.2 Å². The normalized spacial score (nSPS) is 10.7. The standard InChI is InChI=1S/C11H11NO2S/c13-11(14)6-12-5-8-7-15-10-4-2-1-3-9(8)10/h1-4,7,12H,5-6H2,(H,13,14). The molecule has 0 saturated heterocycles. The number of carboxylic acid groups (broad SMARTS) is 1. The van der Waals surface area contributed by atoms with E-state index in [0.29, 0.717) is 6.54 Å². The summed E-state index contributed by atoms with van der Waals surface area (Å²) in [7, 11) is 0. The van der Waals surface area contributed by atoms with Crippen LogP contribution in [0.3, 0.4) is 0 Å². The van der Waals surface area contributed by atoms with E-state index in [9.17, 15) is 4.79 Å². The second-order valence-corrected chi connectivity index (χ2v) is 4.17. The molecule has 15 heavy (non-hydrogen) atoms. The number of fused-ring (bicyclic) bond motifs is 1. The number of hydrogen-bond acceptors (Lipinski definition) is 3. The van der Waals surface area contributed by atoms with E-state index in [2.05, 4.69) is 22.8 Å². The van der Waals surface area contributed by atoms with Gasteiger partial charge in [-0.15, -0.1) is 11.3 Å². The van der Waals surface area contributed by atoms with E-state index in [4.69, 9.17) is 5.11 Å². The van der Waals surface area contributed by atoms with Gasteiger partial charge in [0.15, 0.2) is 0 Å². The van der Waals surface area contributed by atoms with Gasteiger partial charge in [-0.05, 0) is 22.4 Å². The van der Waals surface area contributed by atoms with E-state index in [1.807, 2.05) is 12.1 Å². The van der Waals surface area contributed by atoms with Crippen LogP contribution >= 0.6 is 11.3 Å². The molecule has 78 valence electrons. The summed E-state index contributed by atoms with van der Waals surface area (Å²) >= 11 is 1.69. The maximum absolute atomic E-state index is 10.3. The van der Waals surface area contributed by atoms with Crippen LogP contribution in [0.5, 0.6) is 0 Å². The Bertz CT molecular complexity index is 478. The topological polar surface area (TPSA) is 49.3 Å². The third kappa shape index (κ3) is 2.34. The number of carboxylic acids is 1. The van der Waals surface area contributed by atoms with E-state index in [-0.39, 0.29) is 6.54 Å². The molecule has 0 radical (unpaired) electrons. The van der Waals surface area contributed by atoms with Crippen molar-refractivity contribution in [1.82, 2.24) is 5.32 Å². The summed E-state index contributed by atoms with van der Waals surface area (Å²) in [4.78, 5) is 10.3. The summed E-state index contributed by atoms with van der Waals surface area (Å²) < 4.78 is 1.24. The zero-order valence-corrected chi connectivity index (χ0v) is 8.88. The fourth-order valence-corrected chi connectivity index (χ4v) is 2.44. The number of carbonyl (C=O) groups is 1. The van der Waals surface area contributed by atoms with Crippen molar-refractivity contribution >= 4 is 27.4 Å². The monoisotopic (exact) mass is 221 g/mol. The lowest BCUT2D eigenvalue weighted by atomic mass is 10.2. The first kappa shape index (κ1) is 10.1. The van der Waals surface area contributed by atoms with Gasteiger partial charge in [0.1, 0.15) is 0 Å². The molecule has 0 amide bonds. The lowest BCUT2D eigenvalue weighted by molar-refractivity contribution is -0.135. The van der Waals surface area contributed by atoms with Crippen molar-refractivity contribution in [3.8, 4) is 0 Å². The van der Waals surface area contributed by atoms with Gasteiger partial charge in [-0.3, -0.25) is 4.79 Å². The summed E-state index contributed by atoms with van der Waals surface area (Å²) in [6.45, 7) is 0.612. The highest BCUT2D eigenvalue weighted by molar-refractivity contribution is 7.17. The molecule has 0 spiro atoms. The number of nitrogens with one attached hydrogen (secondary N) is 1. The van der Waals surface area contributed by atoms with Crippen LogP contribution in [0.4, 0.5) is 0 Å². The quantitative estimate of drug-likeness (QED) is 0.831. The van der Waals surface area contributed by atoms with Crippen molar-refractivity contribution in [2.24, 2.45) is 0 Å². The minimum Gasteiger partial charge on any atom is -0.480 e. The highest BCUT2D eigenvalue weighted by atomic mass is 32.1. The summed E-state index contributed by atoms with van der Waals surface area (Å²) in [6, 6.07) is 8.13. The van der Waals surface area contributed by atoms with E-state index in [1.54, 1.807) is 11.3 Å². The third-order valence-corrected chi connectivity index (χ3v) is 3.17. The Balaban J connectivity index is 2.11. The van der Waals surface area contributed by atoms with E-state index in [0.717, 1.165) is 5.56 Å². The van der Waals surface area contributed by atoms with Gasteiger partial charge in [0, 0.05) is 11.2 Å². The maximum Gasteiger partial charge on any atom is 0.317 e. The minimum atomic E-state index is -0.825. The van der Waals surface area contributed by atoms with Crippen LogP contribution in [-0.4, -0.2) is 17.6 Å². The predicted molar refractivity (Wildman–Crippen MR) is 61.2 cm³/mol. The second kappa shape index (κ2) is 4.42. The second-order valence-electron chi connectivity index (χ2n) is 3.25. The molecule has 0 unspecified atom stereocenters. The largest absolute Gasteiger partial charge is 0.480 e. The van der Waals surface area contributed by atoms with Gasteiger partial charge < -0.3 is 10.4 Å². The number of thiophene rings is 1. The molecule has 2 aromatic rings. The third-order valence-electron chi connectivity index (χ3n) is 2.15. The van der Waals surface area contributed by atoms with E-state index >= 15 is 0 Å². The molecule has 1 aromatic heterocycles. The summed E-state index contributed by atoms with van der Waals surface area (Å²) in [5.41, 5.74) is 1.16. The lowest BCUT2D eigenvalue weighted by Gasteiger charge is -1.99. The molecule has 0 aliphatic rings. The van der Waals surface area contributed by atoms with Gasteiger partial charge >= 0.3 is 5.97 Å². The van der Waals surface area contributed by atoms with Gasteiger partial charge in [0.2, 0.25) is 0 Å². The number of aliphatic carboxylic acids is 1. The lowest BCUT2D eigenvalue weighted by Crippen LogP contribution is -2.21. The molecule has 0 fully saturated rings. The Kier molecular flexibility index (Phi) is 2.99. The van der Waals surface area contributed by atoms with Crippen molar-refractivity contribution in [3.63, 3.8) is 0 Å². The number of rotatable bonds is 4. The zero-order valence-electron chi connectivity index (χ0n) is 8.06.